The van der Waals surface area contributed by atoms with Gasteiger partial charge in [-0.05, 0) is 45.9 Å². The highest BCUT2D eigenvalue weighted by Crippen LogP contribution is 2.61. The lowest BCUT2D eigenvalue weighted by Crippen LogP contribution is -2.56. The van der Waals surface area contributed by atoms with Crippen molar-refractivity contribution in [3.63, 3.8) is 0 Å². The van der Waals surface area contributed by atoms with Gasteiger partial charge >= 0.3 is 12.3 Å². The molecule has 33 heavy (non-hydrogen) atoms. The van der Waals surface area contributed by atoms with Gasteiger partial charge in [-0.1, -0.05) is 0 Å². The molecule has 0 radical (unpaired) electrons. The van der Waals surface area contributed by atoms with E-state index in [1.165, 1.54) is 6.07 Å². The number of halogens is 3. The van der Waals surface area contributed by atoms with Gasteiger partial charge in [0.1, 0.15) is 0 Å². The number of nitrogens with one attached hydrogen (secondary N) is 1. The lowest BCUT2D eigenvalue weighted by molar-refractivity contribution is -0.138. The Balaban J connectivity index is 1.70. The van der Waals surface area contributed by atoms with Crippen LogP contribution in [0.5, 0.6) is 0 Å². The number of carbonyl (C=O) groups excluding carboxylic acids is 3. The topological polar surface area (TPSA) is 109 Å². The number of fused-ring (bicyclic) bond motifs is 5. The predicted molar refractivity (Wildman–Crippen MR) is 107 cm³/mol. The maximum atomic E-state index is 13.4. The summed E-state index contributed by atoms with van der Waals surface area (Å²) in [5.41, 5.74) is -4.46. The molecule has 5 atom stereocenters. The Morgan fingerprint density at radius 2 is 1.91 bits per heavy atom. The molecule has 2 bridgehead atoms. The number of hydrogen-bond donors (Lipinski definition) is 1. The minimum atomic E-state index is -4.84. The highest BCUT2D eigenvalue weighted by Gasteiger charge is 2.76. The van der Waals surface area contributed by atoms with Crippen LogP contribution in [0.15, 0.2) is 18.2 Å². The molecule has 4 rings (SSSR count). The third kappa shape index (κ3) is 3.35. The standard InChI is InChI=1S/C22H22F3N3O5/c1-10(2)32-19(31)27-14-8-20(3)15-16(21(14,4)33-20)18(30)28(17(15)29)12-6-5-11(9-26)13(7-12)22(23,24)25/h5-7,10,14-16H,8H2,1-4H3,(H,27,31)/t14-,15-,16+,20?,21?/m1/s1. The van der Waals surface area contributed by atoms with E-state index in [-0.39, 0.29) is 18.2 Å². The third-order valence-electron chi connectivity index (χ3n) is 6.66. The molecule has 3 heterocycles. The van der Waals surface area contributed by atoms with E-state index in [2.05, 4.69) is 5.32 Å². The van der Waals surface area contributed by atoms with Crippen molar-refractivity contribution in [2.45, 2.75) is 63.6 Å². The highest BCUT2D eigenvalue weighted by molar-refractivity contribution is 6.23. The summed E-state index contributed by atoms with van der Waals surface area (Å²) in [5.74, 6) is -3.30. The molecule has 8 nitrogen and oxygen atoms in total. The van der Waals surface area contributed by atoms with Crippen molar-refractivity contribution in [1.82, 2.24) is 5.32 Å². The quantitative estimate of drug-likeness (QED) is 0.687. The zero-order valence-electron chi connectivity index (χ0n) is 18.3. The zero-order chi connectivity index (χ0) is 24.5. The number of imide groups is 1. The van der Waals surface area contributed by atoms with Crippen LogP contribution in [0, 0.1) is 23.2 Å². The SMILES string of the molecule is CC(C)OC(=O)N[C@@H]1CC2(C)OC1(C)[C@@H]1C(=O)N(c3ccc(C#N)c(C(F)(F)F)c3)C(=O)[C@@H]12. The van der Waals surface area contributed by atoms with Gasteiger partial charge in [0, 0.05) is 6.42 Å². The molecule has 3 saturated heterocycles. The fraction of sp³-hybridized carbons (Fsp3) is 0.545. The number of carbonyl (C=O) groups is 3. The highest BCUT2D eigenvalue weighted by atomic mass is 19.4. The molecule has 3 aliphatic rings. The van der Waals surface area contributed by atoms with E-state index in [0.29, 0.717) is 6.07 Å². The number of hydrogen-bond acceptors (Lipinski definition) is 6. The van der Waals surface area contributed by atoms with Crippen LogP contribution in [0.4, 0.5) is 23.7 Å². The molecule has 0 aromatic heterocycles. The fourth-order valence-electron chi connectivity index (χ4n) is 5.40. The van der Waals surface area contributed by atoms with Crippen molar-refractivity contribution in [2.24, 2.45) is 11.8 Å². The molecule has 0 spiro atoms. The number of nitrogens with zero attached hydrogens (tertiary/aromatic N) is 2. The molecule has 0 saturated carbocycles. The van der Waals surface area contributed by atoms with Crippen LogP contribution >= 0.6 is 0 Å². The second kappa shape index (κ2) is 7.18. The Morgan fingerprint density at radius 3 is 2.48 bits per heavy atom. The molecule has 1 aromatic rings. The van der Waals surface area contributed by atoms with Crippen LogP contribution in [0.1, 0.15) is 45.2 Å². The van der Waals surface area contributed by atoms with Crippen LogP contribution in [0.3, 0.4) is 0 Å². The maximum Gasteiger partial charge on any atom is 0.417 e. The van der Waals surface area contributed by atoms with E-state index in [1.54, 1.807) is 27.7 Å². The fourth-order valence-corrected chi connectivity index (χ4v) is 5.40. The Labute approximate surface area is 187 Å². The van der Waals surface area contributed by atoms with Gasteiger partial charge in [0.15, 0.2) is 0 Å². The number of ether oxygens (including phenoxy) is 2. The number of benzene rings is 1. The number of nitriles is 1. The molecule has 11 heteroatoms. The van der Waals surface area contributed by atoms with Gasteiger partial charge in [-0.3, -0.25) is 9.59 Å². The van der Waals surface area contributed by atoms with Crippen LogP contribution < -0.4 is 10.2 Å². The zero-order valence-corrected chi connectivity index (χ0v) is 18.3. The van der Waals surface area contributed by atoms with Gasteiger partial charge in [-0.2, -0.15) is 18.4 Å². The van der Waals surface area contributed by atoms with E-state index in [4.69, 9.17) is 14.7 Å². The van der Waals surface area contributed by atoms with Crippen molar-refractivity contribution in [3.8, 4) is 6.07 Å². The Hall–Kier alpha value is -3.13. The molecule has 3 aliphatic heterocycles. The van der Waals surface area contributed by atoms with Crippen LogP contribution in [0.25, 0.3) is 0 Å². The van der Waals surface area contributed by atoms with Crippen LogP contribution in [-0.4, -0.2) is 41.3 Å². The molecule has 3 fully saturated rings. The monoisotopic (exact) mass is 465 g/mol. The summed E-state index contributed by atoms with van der Waals surface area (Å²) in [4.78, 5) is 39.6. The number of rotatable bonds is 3. The third-order valence-corrected chi connectivity index (χ3v) is 6.66. The Morgan fingerprint density at radius 1 is 1.27 bits per heavy atom. The molecule has 0 aliphatic carbocycles. The first-order chi connectivity index (χ1) is 15.2. The van der Waals surface area contributed by atoms with Crippen molar-refractivity contribution in [3.05, 3.63) is 29.3 Å². The van der Waals surface area contributed by atoms with Crippen molar-refractivity contribution in [2.75, 3.05) is 4.90 Å². The van der Waals surface area contributed by atoms with Gasteiger partial charge in [0.2, 0.25) is 11.8 Å². The average Bonchev–Trinajstić information content (AvgIpc) is 3.21. The largest absolute Gasteiger partial charge is 0.447 e. The number of alkyl carbamates (subject to hydrolysis) is 1. The molecular formula is C22H22F3N3O5. The second-order valence-electron chi connectivity index (χ2n) is 9.26. The van der Waals surface area contributed by atoms with E-state index in [9.17, 15) is 27.6 Å². The molecule has 176 valence electrons. The summed E-state index contributed by atoms with van der Waals surface area (Å²) in [5, 5.41) is 11.7. The van der Waals surface area contributed by atoms with E-state index in [0.717, 1.165) is 17.0 Å². The number of amides is 3. The summed E-state index contributed by atoms with van der Waals surface area (Å²) in [6, 6.07) is 3.56. The summed E-state index contributed by atoms with van der Waals surface area (Å²) in [7, 11) is 0. The Bertz CT molecular complexity index is 1100. The maximum absolute atomic E-state index is 13.4. The van der Waals surface area contributed by atoms with E-state index in [1.807, 2.05) is 0 Å². The van der Waals surface area contributed by atoms with Gasteiger partial charge in [-0.15, -0.1) is 0 Å². The first-order valence-electron chi connectivity index (χ1n) is 10.4. The van der Waals surface area contributed by atoms with Gasteiger partial charge in [0.25, 0.3) is 0 Å². The summed E-state index contributed by atoms with van der Waals surface area (Å²) < 4.78 is 51.5. The average molecular weight is 465 g/mol. The molecular weight excluding hydrogens is 443 g/mol. The normalized spacial score (nSPS) is 32.8. The summed E-state index contributed by atoms with van der Waals surface area (Å²) in [6.07, 6.45) is -5.67. The van der Waals surface area contributed by atoms with Crippen molar-refractivity contribution >= 4 is 23.6 Å². The molecule has 1 N–H and O–H groups in total. The smallest absolute Gasteiger partial charge is 0.417 e. The first kappa shape index (κ1) is 23.0. The Kier molecular flexibility index (Phi) is 5.02. The van der Waals surface area contributed by atoms with E-state index < -0.39 is 64.3 Å². The van der Waals surface area contributed by atoms with Crippen molar-refractivity contribution in [1.29, 1.82) is 5.26 Å². The first-order valence-corrected chi connectivity index (χ1v) is 10.4. The molecule has 2 unspecified atom stereocenters. The summed E-state index contributed by atoms with van der Waals surface area (Å²) in [6.45, 7) is 6.62. The minimum absolute atomic E-state index is 0.228. The molecule has 3 amide bonds. The lowest BCUT2D eigenvalue weighted by Gasteiger charge is -2.35. The van der Waals surface area contributed by atoms with Gasteiger partial charge < -0.3 is 14.8 Å². The molecule has 1 aromatic carbocycles. The summed E-state index contributed by atoms with van der Waals surface area (Å²) >= 11 is 0. The predicted octanol–water partition coefficient (Wildman–Crippen LogP) is 3.14. The van der Waals surface area contributed by atoms with Gasteiger partial charge in [0.05, 0.1) is 58.1 Å². The second-order valence-corrected chi connectivity index (χ2v) is 9.26. The van der Waals surface area contributed by atoms with Gasteiger partial charge in [-0.25, -0.2) is 9.69 Å². The van der Waals surface area contributed by atoms with E-state index >= 15 is 0 Å². The number of alkyl halides is 3. The minimum Gasteiger partial charge on any atom is -0.447 e. The van der Waals surface area contributed by atoms with Crippen LogP contribution in [-0.2, 0) is 25.2 Å². The van der Waals surface area contributed by atoms with Crippen LogP contribution in [0.2, 0.25) is 0 Å². The lowest BCUT2D eigenvalue weighted by atomic mass is 9.66. The number of anilines is 1. The van der Waals surface area contributed by atoms with Crippen molar-refractivity contribution < 1.29 is 37.0 Å².